The van der Waals surface area contributed by atoms with Gasteiger partial charge in [0.05, 0.1) is 6.54 Å². The average molecular weight is 733 g/mol. The van der Waals surface area contributed by atoms with E-state index < -0.39 is 70.4 Å². The van der Waals surface area contributed by atoms with Crippen LogP contribution >= 0.6 is 34.9 Å². The second kappa shape index (κ2) is 15.1. The van der Waals surface area contributed by atoms with Crippen molar-refractivity contribution >= 4 is 81.1 Å². The van der Waals surface area contributed by atoms with E-state index >= 15 is 0 Å². The van der Waals surface area contributed by atoms with E-state index in [-0.39, 0.29) is 34.6 Å². The molecule has 4 N–H and O–H groups in total. The normalized spacial score (nSPS) is 18.0. The van der Waals surface area contributed by atoms with Gasteiger partial charge in [-0.25, -0.2) is 19.3 Å². The Bertz CT molecular complexity index is 1770. The van der Waals surface area contributed by atoms with Gasteiger partial charge in [0.2, 0.25) is 5.16 Å². The van der Waals surface area contributed by atoms with Crippen molar-refractivity contribution in [2.24, 2.45) is 10.3 Å². The van der Waals surface area contributed by atoms with E-state index in [1.54, 1.807) is 5.32 Å². The lowest BCUT2D eigenvalue weighted by molar-refractivity contribution is -0.167. The van der Waals surface area contributed by atoms with Gasteiger partial charge in [0.25, 0.3) is 11.8 Å². The number of halogens is 3. The van der Waals surface area contributed by atoms with E-state index in [1.165, 1.54) is 0 Å². The highest BCUT2D eigenvalue weighted by molar-refractivity contribution is 8.01. The van der Waals surface area contributed by atoms with Gasteiger partial charge in [-0.05, 0) is 16.0 Å². The maximum absolute atomic E-state index is 13.2. The number of thioether (sulfide) groups is 2. The fourth-order valence-electron chi connectivity index (χ4n) is 3.89. The number of carbonyl (C=O) groups excluding carboxylic acids is 3. The number of terminal acetylenes is 1. The van der Waals surface area contributed by atoms with Crippen molar-refractivity contribution in [3.63, 3.8) is 0 Å². The van der Waals surface area contributed by atoms with Crippen LogP contribution < -0.4 is 10.6 Å². The standard InChI is InChI=1S/C23H19F3N10O9S3/c1-3-4-45-32-12(11-8-47-21(27-11)29-20(43)23(24,25)26)15(37)28-13-16(38)36-14(19(41)42)9(6-46-17(13)36)7-48-22-30-33-34-35(22)5-10(18(39)40)31-44-2/h1,8,13,17H,4-7H2,2H3,(H,28,37)(H,39,40)(H,41,42)(H,27,29,43)/t13?,17-/m0/s1. The molecule has 2 aliphatic rings. The first-order chi connectivity index (χ1) is 22.8. The molecule has 1 saturated heterocycles. The minimum absolute atomic E-state index is 0.0211. The topological polar surface area (TPSA) is 253 Å². The van der Waals surface area contributed by atoms with Crippen LogP contribution in [0.15, 0.2) is 32.1 Å². The van der Waals surface area contributed by atoms with Gasteiger partial charge in [-0.15, -0.1) is 34.6 Å². The van der Waals surface area contributed by atoms with Crippen molar-refractivity contribution in [2.45, 2.75) is 29.3 Å². The maximum Gasteiger partial charge on any atom is 0.471 e. The molecule has 0 radical (unpaired) electrons. The number of fused-ring (bicyclic) bond motifs is 1. The third kappa shape index (κ3) is 8.01. The zero-order valence-electron chi connectivity index (χ0n) is 23.8. The number of rotatable bonds is 14. The number of amides is 3. The summed E-state index contributed by atoms with van der Waals surface area (Å²) in [6.45, 7) is -0.774. The zero-order chi connectivity index (χ0) is 35.2. The lowest BCUT2D eigenvalue weighted by Gasteiger charge is -2.49. The van der Waals surface area contributed by atoms with E-state index in [9.17, 15) is 47.4 Å². The van der Waals surface area contributed by atoms with Crippen LogP contribution in [-0.4, -0.2) is 124 Å². The second-order valence-electron chi connectivity index (χ2n) is 8.96. The molecule has 0 saturated carbocycles. The number of aliphatic carboxylic acids is 2. The molecule has 2 atom stereocenters. The van der Waals surface area contributed by atoms with Gasteiger partial charge in [0, 0.05) is 16.9 Å². The first-order valence-corrected chi connectivity index (χ1v) is 15.6. The van der Waals surface area contributed by atoms with Crippen LogP contribution in [-0.2, 0) is 40.2 Å². The lowest BCUT2D eigenvalue weighted by atomic mass is 10.0. The summed E-state index contributed by atoms with van der Waals surface area (Å²) in [7, 11) is 1.16. The highest BCUT2D eigenvalue weighted by atomic mass is 32.2. The molecule has 3 amide bonds. The third-order valence-corrected chi connectivity index (χ3v) is 9.04. The van der Waals surface area contributed by atoms with Gasteiger partial charge < -0.3 is 25.2 Å². The number of anilines is 1. The van der Waals surface area contributed by atoms with Crippen LogP contribution in [0.4, 0.5) is 18.3 Å². The van der Waals surface area contributed by atoms with Gasteiger partial charge in [-0.2, -0.15) is 13.2 Å². The molecule has 19 nitrogen and oxygen atoms in total. The Balaban J connectivity index is 1.48. The SMILES string of the molecule is C#CCON=C(C(=O)NC1C(=O)N2C(C(=O)O)=C(CSc3nnnn3CC(=NOC)C(=O)O)CS[C@@H]12)c1csc(NC(=O)C(F)(F)F)n1. The quantitative estimate of drug-likeness (QED) is 0.0482. The second-order valence-corrected chi connectivity index (χ2v) is 11.9. The van der Waals surface area contributed by atoms with Crippen molar-refractivity contribution in [1.82, 2.24) is 35.4 Å². The summed E-state index contributed by atoms with van der Waals surface area (Å²) < 4.78 is 39.0. The van der Waals surface area contributed by atoms with Crippen LogP contribution in [0.1, 0.15) is 5.69 Å². The van der Waals surface area contributed by atoms with Crippen molar-refractivity contribution < 1.29 is 57.0 Å². The van der Waals surface area contributed by atoms with E-state index in [2.05, 4.69) is 46.9 Å². The molecule has 0 bridgehead atoms. The number of aromatic nitrogens is 5. The van der Waals surface area contributed by atoms with E-state index in [0.717, 1.165) is 45.6 Å². The molecular weight excluding hydrogens is 714 g/mol. The molecular formula is C23H19F3N10O9S3. The summed E-state index contributed by atoms with van der Waals surface area (Å²) in [4.78, 5) is 75.4. The highest BCUT2D eigenvalue weighted by Gasteiger charge is 2.54. The number of nitrogens with one attached hydrogen (secondary N) is 2. The van der Waals surface area contributed by atoms with E-state index in [4.69, 9.17) is 11.3 Å². The van der Waals surface area contributed by atoms with Crippen LogP contribution in [0.25, 0.3) is 0 Å². The van der Waals surface area contributed by atoms with E-state index in [1.807, 2.05) is 0 Å². The summed E-state index contributed by atoms with van der Waals surface area (Å²) in [5.74, 6) is -4.81. The predicted molar refractivity (Wildman–Crippen MR) is 158 cm³/mol. The molecule has 2 aliphatic heterocycles. The fourth-order valence-corrected chi connectivity index (χ4v) is 6.94. The number of alkyl halides is 3. The van der Waals surface area contributed by atoms with Gasteiger partial charge in [0.15, 0.2) is 23.2 Å². The number of carbonyl (C=O) groups is 5. The predicted octanol–water partition coefficient (Wildman–Crippen LogP) is -0.398. The van der Waals surface area contributed by atoms with Crippen LogP contribution in [0.2, 0.25) is 0 Å². The molecule has 2 aromatic rings. The van der Waals surface area contributed by atoms with Crippen LogP contribution in [0.3, 0.4) is 0 Å². The Morgan fingerprint density at radius 3 is 2.67 bits per heavy atom. The summed E-state index contributed by atoms with van der Waals surface area (Å²) in [5, 5.41) is 41.0. The maximum atomic E-state index is 13.2. The zero-order valence-corrected chi connectivity index (χ0v) is 26.3. The van der Waals surface area contributed by atoms with Crippen molar-refractivity contribution in [1.29, 1.82) is 0 Å². The molecule has 2 aromatic heterocycles. The van der Waals surface area contributed by atoms with Crippen molar-refractivity contribution in [3.05, 3.63) is 22.3 Å². The molecule has 0 spiro atoms. The Kier molecular flexibility index (Phi) is 11.2. The van der Waals surface area contributed by atoms with Gasteiger partial charge in [-0.3, -0.25) is 24.6 Å². The third-order valence-electron chi connectivity index (χ3n) is 5.90. The van der Waals surface area contributed by atoms with Crippen LogP contribution in [0, 0.1) is 12.3 Å². The molecule has 0 aromatic carbocycles. The summed E-state index contributed by atoms with van der Waals surface area (Å²) in [5.41, 5.74) is -1.36. The number of carboxylic acid groups (broad SMARTS) is 2. The number of oxime groups is 2. The number of carboxylic acids is 2. The first kappa shape index (κ1) is 35.6. The molecule has 0 aliphatic carbocycles. The monoisotopic (exact) mass is 732 g/mol. The Morgan fingerprint density at radius 1 is 1.27 bits per heavy atom. The number of β-lactam (4-membered cyclic amide) rings is 1. The fraction of sp³-hybridized carbons (Fsp3) is 0.348. The summed E-state index contributed by atoms with van der Waals surface area (Å²) in [6.07, 6.45) is -0.0830. The number of hydrogen-bond acceptors (Lipinski definition) is 16. The molecule has 4 rings (SSSR count). The Morgan fingerprint density at radius 2 is 2.02 bits per heavy atom. The van der Waals surface area contributed by atoms with Gasteiger partial charge >= 0.3 is 24.0 Å². The molecule has 1 fully saturated rings. The highest BCUT2D eigenvalue weighted by Crippen LogP contribution is 2.41. The smallest absolute Gasteiger partial charge is 0.471 e. The van der Waals surface area contributed by atoms with Crippen LogP contribution in [0.5, 0.6) is 0 Å². The molecule has 254 valence electrons. The summed E-state index contributed by atoms with van der Waals surface area (Å²) in [6, 6.07) is -1.26. The number of hydrogen-bond donors (Lipinski definition) is 4. The number of tetrazole rings is 1. The molecule has 25 heteroatoms. The Labute approximate surface area is 277 Å². The molecule has 48 heavy (non-hydrogen) atoms. The minimum Gasteiger partial charge on any atom is -0.477 e. The summed E-state index contributed by atoms with van der Waals surface area (Å²) >= 11 is 2.64. The molecule has 4 heterocycles. The van der Waals surface area contributed by atoms with Gasteiger partial charge in [0.1, 0.15) is 29.9 Å². The van der Waals surface area contributed by atoms with E-state index in [0.29, 0.717) is 16.9 Å². The van der Waals surface area contributed by atoms with Crippen molar-refractivity contribution in [3.8, 4) is 12.3 Å². The largest absolute Gasteiger partial charge is 0.477 e. The first-order valence-electron chi connectivity index (χ1n) is 12.7. The number of nitrogens with zero attached hydrogens (tertiary/aromatic N) is 8. The minimum atomic E-state index is -5.20. The number of thiazole rings is 1. The molecule has 1 unspecified atom stereocenters. The van der Waals surface area contributed by atoms with Crippen molar-refractivity contribution in [2.75, 3.05) is 30.5 Å². The lowest BCUT2D eigenvalue weighted by Crippen LogP contribution is -2.71. The Hall–Kier alpha value is -5.22. The average Bonchev–Trinajstić information content (AvgIpc) is 3.68. The van der Waals surface area contributed by atoms with Gasteiger partial charge in [-0.1, -0.05) is 28.0 Å².